The normalized spacial score (nSPS) is 15.6. The fraction of sp³-hybridized carbons (Fsp3) is 0.292. The topological polar surface area (TPSA) is 146 Å². The second-order valence-corrected chi connectivity index (χ2v) is 8.60. The average Bonchev–Trinajstić information content (AvgIpc) is 2.77. The number of hydrogen-bond acceptors (Lipinski definition) is 7. The number of aromatic nitrogens is 1. The van der Waals surface area contributed by atoms with E-state index in [9.17, 15) is 10.1 Å². The Labute approximate surface area is 203 Å². The van der Waals surface area contributed by atoms with Crippen LogP contribution in [-0.2, 0) is 10.2 Å². The number of carbonyl (C=O) groups is 1. The van der Waals surface area contributed by atoms with Crippen LogP contribution in [0.25, 0.3) is 0 Å². The third-order valence-electron chi connectivity index (χ3n) is 5.50. The largest absolute Gasteiger partial charge is 0.403 e. The van der Waals surface area contributed by atoms with Crippen molar-refractivity contribution >= 4 is 41.1 Å². The Morgan fingerprint density at radius 2 is 2.18 bits per heavy atom. The molecule has 176 valence electrons. The molecule has 1 fully saturated rings. The Morgan fingerprint density at radius 1 is 1.41 bits per heavy atom. The SMILES string of the molecule is CC(=O)CN=CC(=CN)NC(N)=Nc1ncccc1N1CC(CC#N)(c2ccc(Cl)c(C)c2)C1. The van der Waals surface area contributed by atoms with Crippen LogP contribution in [0.4, 0.5) is 11.5 Å². The molecule has 1 aliphatic heterocycles. The van der Waals surface area contributed by atoms with Gasteiger partial charge in [0.15, 0.2) is 17.6 Å². The monoisotopic (exact) mass is 478 g/mol. The summed E-state index contributed by atoms with van der Waals surface area (Å²) < 4.78 is 0. The van der Waals surface area contributed by atoms with Gasteiger partial charge >= 0.3 is 0 Å². The van der Waals surface area contributed by atoms with E-state index in [-0.39, 0.29) is 23.7 Å². The number of pyridine rings is 1. The van der Waals surface area contributed by atoms with E-state index in [2.05, 4.69) is 37.3 Å². The van der Waals surface area contributed by atoms with Gasteiger partial charge in [0.2, 0.25) is 0 Å². The third-order valence-corrected chi connectivity index (χ3v) is 5.93. The molecule has 0 unspecified atom stereocenters. The number of nitrogens with zero attached hydrogens (tertiary/aromatic N) is 5. The van der Waals surface area contributed by atoms with Crippen LogP contribution in [0.1, 0.15) is 24.5 Å². The van der Waals surface area contributed by atoms with Crippen molar-refractivity contribution in [3.8, 4) is 6.07 Å². The number of ketones is 1. The van der Waals surface area contributed by atoms with E-state index in [1.807, 2.05) is 31.2 Å². The molecule has 3 rings (SSSR count). The molecule has 0 aliphatic carbocycles. The number of rotatable bonds is 8. The Hall–Kier alpha value is -3.90. The molecule has 0 bridgehead atoms. The van der Waals surface area contributed by atoms with Gasteiger partial charge in [-0.15, -0.1) is 0 Å². The summed E-state index contributed by atoms with van der Waals surface area (Å²) >= 11 is 6.20. The quantitative estimate of drug-likeness (QED) is 0.390. The smallest absolute Gasteiger partial charge is 0.200 e. The summed E-state index contributed by atoms with van der Waals surface area (Å²) in [5, 5.41) is 13.0. The summed E-state index contributed by atoms with van der Waals surface area (Å²) in [5.74, 6) is 0.439. The van der Waals surface area contributed by atoms with Crippen molar-refractivity contribution in [2.75, 3.05) is 24.5 Å². The van der Waals surface area contributed by atoms with Gasteiger partial charge in [0.1, 0.15) is 0 Å². The average molecular weight is 479 g/mol. The standard InChI is InChI=1S/C24H27ClN8O/c1-16-10-18(5-6-20(16)25)24(7-8-26)14-33(15-24)21-4-3-9-30-22(21)32-23(28)31-19(11-27)13-29-12-17(2)34/h3-6,9-11,13H,7,12,14-15,27H2,1-2H3,(H3,28,30,31,32). The number of guanidine groups is 1. The number of nitrogens with two attached hydrogens (primary N) is 2. The lowest BCUT2D eigenvalue weighted by molar-refractivity contribution is -0.115. The third kappa shape index (κ3) is 5.71. The van der Waals surface area contributed by atoms with E-state index in [1.165, 1.54) is 19.3 Å². The number of hydrogen-bond donors (Lipinski definition) is 3. The van der Waals surface area contributed by atoms with Gasteiger partial charge in [-0.2, -0.15) is 10.3 Å². The van der Waals surface area contributed by atoms with Crippen LogP contribution in [-0.4, -0.2) is 42.6 Å². The summed E-state index contributed by atoms with van der Waals surface area (Å²) in [6, 6.07) is 12.0. The van der Waals surface area contributed by atoms with Crippen LogP contribution >= 0.6 is 11.6 Å². The lowest BCUT2D eigenvalue weighted by Crippen LogP contribution is -2.59. The highest BCUT2D eigenvalue weighted by atomic mass is 35.5. The van der Waals surface area contributed by atoms with Crippen molar-refractivity contribution < 1.29 is 4.79 Å². The molecule has 2 aromatic rings. The minimum absolute atomic E-state index is 0.0486. The highest BCUT2D eigenvalue weighted by Gasteiger charge is 2.45. The summed E-state index contributed by atoms with van der Waals surface area (Å²) in [4.78, 5) is 25.9. The molecule has 0 spiro atoms. The summed E-state index contributed by atoms with van der Waals surface area (Å²) in [6.45, 7) is 4.72. The minimum atomic E-state index is -0.298. The minimum Gasteiger partial charge on any atom is -0.403 e. The first-order chi connectivity index (χ1) is 16.3. The van der Waals surface area contributed by atoms with E-state index >= 15 is 0 Å². The number of carbonyl (C=O) groups excluding carboxylic acids is 1. The van der Waals surface area contributed by atoms with Gasteiger partial charge in [0.05, 0.1) is 24.0 Å². The number of nitriles is 1. The Balaban J connectivity index is 1.79. The first kappa shape index (κ1) is 24.7. The Bertz CT molecular complexity index is 1190. The summed E-state index contributed by atoms with van der Waals surface area (Å²) in [6.07, 6.45) is 4.72. The van der Waals surface area contributed by atoms with Gasteiger partial charge in [-0.25, -0.2) is 4.98 Å². The summed E-state index contributed by atoms with van der Waals surface area (Å²) in [5.41, 5.74) is 14.6. The van der Waals surface area contributed by atoms with Gasteiger partial charge in [-0.1, -0.05) is 23.7 Å². The molecule has 34 heavy (non-hydrogen) atoms. The predicted octanol–water partition coefficient (Wildman–Crippen LogP) is 2.71. The van der Waals surface area contributed by atoms with Crippen LogP contribution < -0.4 is 21.7 Å². The first-order valence-electron chi connectivity index (χ1n) is 10.6. The molecule has 0 amide bonds. The number of benzene rings is 1. The fourth-order valence-corrected chi connectivity index (χ4v) is 3.90. The van der Waals surface area contributed by atoms with E-state index in [0.717, 1.165) is 16.8 Å². The predicted molar refractivity (Wildman–Crippen MR) is 135 cm³/mol. The van der Waals surface area contributed by atoms with E-state index in [1.54, 1.807) is 6.20 Å². The molecule has 1 aromatic carbocycles. The van der Waals surface area contributed by atoms with Crippen LogP contribution in [0.3, 0.4) is 0 Å². The highest BCUT2D eigenvalue weighted by molar-refractivity contribution is 6.31. The summed E-state index contributed by atoms with van der Waals surface area (Å²) in [7, 11) is 0. The van der Waals surface area contributed by atoms with Crippen molar-refractivity contribution in [2.45, 2.75) is 25.7 Å². The van der Waals surface area contributed by atoms with E-state index < -0.39 is 0 Å². The molecular formula is C24H27ClN8O. The molecular weight excluding hydrogens is 452 g/mol. The maximum absolute atomic E-state index is 11.1. The van der Waals surface area contributed by atoms with Gasteiger partial charge in [-0.3, -0.25) is 9.79 Å². The molecule has 5 N–H and O–H groups in total. The zero-order chi connectivity index (χ0) is 24.7. The van der Waals surface area contributed by atoms with Crippen molar-refractivity contribution in [3.05, 3.63) is 64.6 Å². The second kappa shape index (κ2) is 10.8. The number of aryl methyl sites for hydroxylation is 1. The van der Waals surface area contributed by atoms with Crippen molar-refractivity contribution in [2.24, 2.45) is 21.5 Å². The first-order valence-corrected chi connectivity index (χ1v) is 11.0. The van der Waals surface area contributed by atoms with Crippen LogP contribution in [0, 0.1) is 18.3 Å². The number of anilines is 1. The molecule has 1 aliphatic rings. The van der Waals surface area contributed by atoms with Crippen molar-refractivity contribution in [1.82, 2.24) is 10.3 Å². The van der Waals surface area contributed by atoms with Crippen LogP contribution in [0.2, 0.25) is 5.02 Å². The highest BCUT2D eigenvalue weighted by Crippen LogP contribution is 2.43. The molecule has 0 saturated carbocycles. The number of nitrogens with one attached hydrogen (secondary N) is 1. The lowest BCUT2D eigenvalue weighted by atomic mass is 9.71. The van der Waals surface area contributed by atoms with Gasteiger partial charge in [0, 0.05) is 48.6 Å². The van der Waals surface area contributed by atoms with Crippen molar-refractivity contribution in [1.29, 1.82) is 5.26 Å². The zero-order valence-corrected chi connectivity index (χ0v) is 19.9. The van der Waals surface area contributed by atoms with Crippen LogP contribution in [0.15, 0.2) is 58.4 Å². The Morgan fingerprint density at radius 3 is 2.82 bits per heavy atom. The number of aliphatic imine (C=N–C) groups is 2. The number of Topliss-reactive ketones (excluding diaryl/α,β-unsaturated/α-hetero) is 1. The van der Waals surface area contributed by atoms with Gasteiger partial charge < -0.3 is 21.7 Å². The maximum Gasteiger partial charge on any atom is 0.200 e. The molecule has 10 heteroatoms. The lowest BCUT2D eigenvalue weighted by Gasteiger charge is -2.51. The molecule has 1 saturated heterocycles. The molecule has 9 nitrogen and oxygen atoms in total. The molecule has 2 heterocycles. The number of allylic oxidation sites excluding steroid dienone is 1. The number of halogens is 1. The molecule has 0 atom stereocenters. The molecule has 1 aromatic heterocycles. The second-order valence-electron chi connectivity index (χ2n) is 8.20. The zero-order valence-electron chi connectivity index (χ0n) is 19.1. The van der Waals surface area contributed by atoms with E-state index in [4.69, 9.17) is 23.1 Å². The molecule has 0 radical (unpaired) electrons. The van der Waals surface area contributed by atoms with Crippen LogP contribution in [0.5, 0.6) is 0 Å². The van der Waals surface area contributed by atoms with Gasteiger partial charge in [0.25, 0.3) is 0 Å². The Kier molecular flexibility index (Phi) is 7.87. The van der Waals surface area contributed by atoms with Crippen molar-refractivity contribution in [3.63, 3.8) is 0 Å². The fourth-order valence-electron chi connectivity index (χ4n) is 3.78. The van der Waals surface area contributed by atoms with Gasteiger partial charge in [-0.05, 0) is 43.2 Å². The van der Waals surface area contributed by atoms with E-state index in [0.29, 0.717) is 36.0 Å². The maximum atomic E-state index is 11.1.